The van der Waals surface area contributed by atoms with Gasteiger partial charge >= 0.3 is 41.9 Å². The first-order valence-corrected chi connectivity index (χ1v) is 17.2. The van der Waals surface area contributed by atoms with Gasteiger partial charge in [0.2, 0.25) is 0 Å². The fourth-order valence-electron chi connectivity index (χ4n) is 4.69. The van der Waals surface area contributed by atoms with E-state index in [4.69, 9.17) is 0 Å². The van der Waals surface area contributed by atoms with Crippen LogP contribution >= 0.6 is 0 Å². The van der Waals surface area contributed by atoms with Gasteiger partial charge in [0.15, 0.2) is 0 Å². The molecule has 2 aliphatic rings. The van der Waals surface area contributed by atoms with Gasteiger partial charge in [-0.3, -0.25) is 6.08 Å². The van der Waals surface area contributed by atoms with Crippen LogP contribution in [-0.2, 0) is 23.3 Å². The van der Waals surface area contributed by atoms with E-state index in [-0.39, 0.29) is 30.2 Å². The van der Waals surface area contributed by atoms with E-state index in [1.165, 1.54) is 52.3 Å². The predicted octanol–water partition coefficient (Wildman–Crippen LogP) is 1.92. The largest absolute Gasteiger partial charge is 1.00 e. The van der Waals surface area contributed by atoms with Crippen LogP contribution in [0.1, 0.15) is 60.3 Å². The van der Waals surface area contributed by atoms with Crippen molar-refractivity contribution in [3.05, 3.63) is 94.6 Å². The van der Waals surface area contributed by atoms with Gasteiger partial charge < -0.3 is 24.8 Å². The van der Waals surface area contributed by atoms with Crippen LogP contribution in [0.2, 0.25) is 13.1 Å². The minimum absolute atomic E-state index is 0. The van der Waals surface area contributed by atoms with Gasteiger partial charge in [0.05, 0.1) is 0 Å². The van der Waals surface area contributed by atoms with Crippen molar-refractivity contribution in [1.82, 2.24) is 0 Å². The van der Waals surface area contributed by atoms with Gasteiger partial charge in [0, 0.05) is 0 Å². The molecule has 3 aromatic carbocycles. The molecule has 0 nitrogen and oxygen atoms in total. The number of halogens is 2. The van der Waals surface area contributed by atoms with Crippen molar-refractivity contribution in [2.75, 3.05) is 0 Å². The van der Waals surface area contributed by atoms with Crippen molar-refractivity contribution in [2.24, 2.45) is 0 Å². The van der Waals surface area contributed by atoms with Gasteiger partial charge in [-0.25, -0.2) is 6.08 Å². The maximum absolute atomic E-state index is 3.69. The van der Waals surface area contributed by atoms with Crippen LogP contribution in [0.3, 0.4) is 0 Å². The number of hydrogen-bond donors (Lipinski definition) is 0. The number of allylic oxidation sites excluding steroid dienone is 2. The van der Waals surface area contributed by atoms with E-state index in [0.717, 1.165) is 0 Å². The minimum atomic E-state index is 0. The van der Waals surface area contributed by atoms with E-state index < -0.39 is 0 Å². The third kappa shape index (κ3) is 5.76. The molecule has 2 unspecified atom stereocenters. The SMILES string of the molecule is CCCCC1=Cc2c(ccc3ccccc23)C1C1[C-]=Cc2ccccc21.C[Si](C)=[Zr+2].[Cl-].[Cl-]. The Morgan fingerprint density at radius 2 is 1.59 bits per heavy atom. The van der Waals surface area contributed by atoms with E-state index in [2.05, 4.69) is 98.9 Å². The molecule has 0 spiro atoms. The zero-order valence-corrected chi connectivity index (χ0v) is 23.9. The molecule has 0 bridgehead atoms. The van der Waals surface area contributed by atoms with E-state index in [9.17, 15) is 0 Å². The first kappa shape index (κ1) is 27.3. The summed E-state index contributed by atoms with van der Waals surface area (Å²) in [4.78, 5) is 0. The molecule has 0 amide bonds. The molecule has 0 heterocycles. The van der Waals surface area contributed by atoms with E-state index >= 15 is 0 Å². The molecule has 0 fully saturated rings. The fourth-order valence-corrected chi connectivity index (χ4v) is 4.69. The van der Waals surface area contributed by atoms with Crippen molar-refractivity contribution in [3.8, 4) is 0 Å². The molecular weight excluding hydrogens is 527 g/mol. The normalized spacial score (nSPS) is 17.3. The fraction of sp³-hybridized carbons (Fsp3) is 0.286. The first-order chi connectivity index (χ1) is 14.6. The summed E-state index contributed by atoms with van der Waals surface area (Å²) < 4.78 is 0. The summed E-state index contributed by atoms with van der Waals surface area (Å²) >= 11 is 1.74. The zero-order chi connectivity index (χ0) is 21.1. The maximum Gasteiger partial charge on any atom is -1.00 e. The summed E-state index contributed by atoms with van der Waals surface area (Å²) in [5.74, 6) is 0.776. The average molecular weight is 556 g/mol. The van der Waals surface area contributed by atoms with Crippen LogP contribution in [0.25, 0.3) is 22.9 Å². The molecule has 2 atom stereocenters. The van der Waals surface area contributed by atoms with Crippen LogP contribution in [0, 0.1) is 6.08 Å². The Kier molecular flexibility index (Phi) is 10.7. The summed E-state index contributed by atoms with van der Waals surface area (Å²) in [5.41, 5.74) is 7.48. The summed E-state index contributed by atoms with van der Waals surface area (Å²) in [5, 5.41) is 2.72. The third-order valence-corrected chi connectivity index (χ3v) is 5.97. The molecule has 2 aliphatic carbocycles. The molecule has 0 aliphatic heterocycles. The molecule has 5 rings (SSSR count). The molecule has 3 aromatic rings. The Hall–Kier alpha value is -0.920. The second-order valence-corrected chi connectivity index (χ2v) is 17.9. The maximum atomic E-state index is 3.69. The molecule has 4 heteroatoms. The first-order valence-electron chi connectivity index (χ1n) is 11.0. The summed E-state index contributed by atoms with van der Waals surface area (Å²) in [6.07, 6.45) is 12.1. The van der Waals surface area contributed by atoms with Gasteiger partial charge in [-0.1, -0.05) is 85.5 Å². The number of unbranched alkanes of at least 4 members (excludes halogenated alkanes) is 1. The molecule has 32 heavy (non-hydrogen) atoms. The molecule has 0 aromatic heterocycles. The molecule has 0 saturated heterocycles. The standard InChI is InChI=1S/C26H23.C2H6Si.2ClH.Zr/c1-2-3-8-20-17-25-22-12-7-5-10-19(22)14-16-24(25)26(20)23-15-13-18-9-4-6-11-21(18)23;1-3-2;;;/h4-7,9-14,16-17,23,26H,2-3,8H2,1H3;1-2H3;2*1H;/q-1;;;;+2/p-2. The Balaban J connectivity index is 0.000000562. The molecule has 164 valence electrons. The number of benzene rings is 3. The van der Waals surface area contributed by atoms with Crippen molar-refractivity contribution >= 4 is 28.4 Å². The second-order valence-electron chi connectivity index (χ2n) is 8.51. The number of fused-ring (bicyclic) bond motifs is 4. The third-order valence-electron chi connectivity index (χ3n) is 5.97. The Bertz CT molecular complexity index is 1150. The van der Waals surface area contributed by atoms with Crippen LogP contribution in [0.4, 0.5) is 0 Å². The Morgan fingerprint density at radius 3 is 2.34 bits per heavy atom. The van der Waals surface area contributed by atoms with E-state index in [1.54, 1.807) is 28.9 Å². The predicted molar refractivity (Wildman–Crippen MR) is 129 cm³/mol. The van der Waals surface area contributed by atoms with Crippen molar-refractivity contribution < 1.29 is 48.1 Å². The number of hydrogen-bond acceptors (Lipinski definition) is 0. The monoisotopic (exact) mass is 553 g/mol. The van der Waals surface area contributed by atoms with Crippen LogP contribution in [0.15, 0.2) is 66.2 Å². The van der Waals surface area contributed by atoms with Gasteiger partial charge in [-0.15, -0.1) is 11.6 Å². The van der Waals surface area contributed by atoms with E-state index in [1.807, 2.05) is 0 Å². The number of rotatable bonds is 4. The summed E-state index contributed by atoms with van der Waals surface area (Å²) in [6.45, 7) is 6.90. The van der Waals surface area contributed by atoms with Crippen molar-refractivity contribution in [1.29, 1.82) is 0 Å². The van der Waals surface area contributed by atoms with Gasteiger partial charge in [0.25, 0.3) is 0 Å². The Labute approximate surface area is 220 Å². The van der Waals surface area contributed by atoms with Crippen molar-refractivity contribution in [2.45, 2.75) is 51.1 Å². The quantitative estimate of drug-likeness (QED) is 0.341. The Morgan fingerprint density at radius 1 is 0.906 bits per heavy atom. The van der Waals surface area contributed by atoms with E-state index in [0.29, 0.717) is 11.8 Å². The van der Waals surface area contributed by atoms with Gasteiger partial charge in [-0.05, 0) is 40.7 Å². The zero-order valence-electron chi connectivity index (χ0n) is 19.0. The topological polar surface area (TPSA) is 0 Å². The van der Waals surface area contributed by atoms with Crippen LogP contribution in [-0.4, -0.2) is 5.43 Å². The summed E-state index contributed by atoms with van der Waals surface area (Å²) in [7, 11) is 0. The average Bonchev–Trinajstić information content (AvgIpc) is 3.32. The molecular formula is C28H29Cl2SiZr-. The minimum Gasteiger partial charge on any atom is -1.00 e. The van der Waals surface area contributed by atoms with Gasteiger partial charge in [0.1, 0.15) is 0 Å². The smallest absolute Gasteiger partial charge is 1.00 e. The molecule has 0 radical (unpaired) electrons. The van der Waals surface area contributed by atoms with Crippen LogP contribution < -0.4 is 24.8 Å². The molecule has 0 N–H and O–H groups in total. The summed E-state index contributed by atoms with van der Waals surface area (Å²) in [6, 6.07) is 22.2. The van der Waals surface area contributed by atoms with Gasteiger partial charge in [-0.2, -0.15) is 5.56 Å². The molecule has 0 saturated carbocycles. The van der Waals surface area contributed by atoms with Crippen LogP contribution in [0.5, 0.6) is 0 Å². The second kappa shape index (κ2) is 12.5. The van der Waals surface area contributed by atoms with Crippen molar-refractivity contribution in [3.63, 3.8) is 0 Å².